The Morgan fingerprint density at radius 3 is 1.76 bits per heavy atom. The van der Waals surface area contributed by atoms with Gasteiger partial charge in [0.2, 0.25) is 6.08 Å². The van der Waals surface area contributed by atoms with Crippen LogP contribution in [0.5, 0.6) is 0 Å². The second-order valence-electron chi connectivity index (χ2n) is 12.0. The number of carbonyl (C=O) groups excluding carboxylic acids is 4. The molecule has 58 heavy (non-hydrogen) atoms. The molecule has 4 aromatic carbocycles. The van der Waals surface area contributed by atoms with Crippen LogP contribution in [-0.4, -0.2) is 58.1 Å². The summed E-state index contributed by atoms with van der Waals surface area (Å²) in [4.78, 5) is 67.4. The van der Waals surface area contributed by atoms with E-state index in [4.69, 9.17) is 32.7 Å². The number of anilines is 3. The largest absolute Gasteiger partial charge is 0.457 e. The number of ether oxygens (including phenoxy) is 2. The minimum absolute atomic E-state index is 0.173. The number of aryl methyl sites for hydroxylation is 2. The summed E-state index contributed by atoms with van der Waals surface area (Å²) in [6.07, 6.45) is 4.16. The lowest BCUT2D eigenvalue weighted by Gasteiger charge is -2.18. The maximum Gasteiger partial charge on any atom is 0.338 e. The Labute approximate surface area is 344 Å². The van der Waals surface area contributed by atoms with Crippen LogP contribution in [0.3, 0.4) is 0 Å². The summed E-state index contributed by atoms with van der Waals surface area (Å²) in [5, 5.41) is 6.29. The molecule has 0 saturated carbocycles. The van der Waals surface area contributed by atoms with E-state index in [9.17, 15) is 19.2 Å². The van der Waals surface area contributed by atoms with Crippen molar-refractivity contribution in [1.82, 2.24) is 19.9 Å². The van der Waals surface area contributed by atoms with E-state index >= 15 is 0 Å². The van der Waals surface area contributed by atoms with E-state index in [1.165, 1.54) is 35.8 Å². The number of urea groups is 1. The van der Waals surface area contributed by atoms with Gasteiger partial charge >= 0.3 is 18.0 Å². The van der Waals surface area contributed by atoms with Crippen molar-refractivity contribution in [2.24, 2.45) is 4.99 Å². The number of nitrogens with one attached hydrogen (secondary N) is 2. The maximum atomic E-state index is 12.6. The standard InChI is InChI=1S/C21H19ClN4O3.C16H13NO3.C5H6ClN3/c1-14-8-9-16(20(27)29-12-15-6-4-3-5-7-15)10-17(14)25-21(28)26(2)19-11-18(22)23-13-24-19;1-12-7-8-14(9-15(12)17-11-18)16(19)20-10-13-5-3-2-4-6-13;1-7-5-2-4(6)8-3-9-5/h3-11,13H,12H2,1-2H3,(H,25,28);2-9H,10H2,1H3;2-3H,1H3,(H,7,8,9). The van der Waals surface area contributed by atoms with Crippen molar-refractivity contribution in [2.45, 2.75) is 27.1 Å². The van der Waals surface area contributed by atoms with Gasteiger partial charge in [-0.05, 0) is 60.4 Å². The number of benzene rings is 4. The molecule has 0 saturated heterocycles. The first-order valence-corrected chi connectivity index (χ1v) is 18.1. The zero-order chi connectivity index (χ0) is 41.9. The first kappa shape index (κ1) is 43.7. The van der Waals surface area contributed by atoms with Gasteiger partial charge in [-0.15, -0.1) is 0 Å². The van der Waals surface area contributed by atoms with E-state index in [1.807, 2.05) is 67.6 Å². The second kappa shape index (κ2) is 22.5. The fourth-order valence-electron chi connectivity index (χ4n) is 4.68. The molecule has 0 unspecified atom stereocenters. The predicted molar refractivity (Wildman–Crippen MR) is 222 cm³/mol. The third-order valence-corrected chi connectivity index (χ3v) is 8.32. The van der Waals surface area contributed by atoms with E-state index in [1.54, 1.807) is 57.4 Å². The van der Waals surface area contributed by atoms with Gasteiger partial charge in [0.15, 0.2) is 0 Å². The molecule has 0 fully saturated rings. The summed E-state index contributed by atoms with van der Waals surface area (Å²) >= 11 is 11.4. The molecule has 6 aromatic rings. The molecule has 2 amide bonds. The van der Waals surface area contributed by atoms with Gasteiger partial charge in [-0.3, -0.25) is 4.90 Å². The lowest BCUT2D eigenvalue weighted by molar-refractivity contribution is 0.0464. The Morgan fingerprint density at radius 2 is 1.24 bits per heavy atom. The summed E-state index contributed by atoms with van der Waals surface area (Å²) in [5.41, 5.74) is 5.03. The number of esters is 2. The molecular weight excluding hydrogens is 783 g/mol. The van der Waals surface area contributed by atoms with Gasteiger partial charge in [0.1, 0.15) is 47.8 Å². The number of amides is 2. The Morgan fingerprint density at radius 1 is 0.707 bits per heavy atom. The van der Waals surface area contributed by atoms with Crippen molar-refractivity contribution in [2.75, 3.05) is 29.6 Å². The van der Waals surface area contributed by atoms with Crippen LogP contribution in [0.25, 0.3) is 0 Å². The number of aliphatic imine (C=N–C) groups is 1. The summed E-state index contributed by atoms with van der Waals surface area (Å²) in [7, 11) is 3.33. The minimum Gasteiger partial charge on any atom is -0.457 e. The van der Waals surface area contributed by atoms with Crippen molar-refractivity contribution < 1.29 is 28.7 Å². The number of hydrogen-bond acceptors (Lipinski definition) is 12. The van der Waals surface area contributed by atoms with Gasteiger partial charge in [0.05, 0.1) is 16.8 Å². The molecule has 0 aliphatic carbocycles. The molecule has 296 valence electrons. The zero-order valence-corrected chi connectivity index (χ0v) is 33.4. The molecule has 0 atom stereocenters. The molecule has 2 heterocycles. The van der Waals surface area contributed by atoms with E-state index in [0.29, 0.717) is 33.5 Å². The average molecular weight is 822 g/mol. The normalized spacial score (nSPS) is 9.90. The lowest BCUT2D eigenvalue weighted by atomic mass is 10.1. The quantitative estimate of drug-likeness (QED) is 0.0583. The maximum absolute atomic E-state index is 12.6. The first-order chi connectivity index (χ1) is 28.0. The van der Waals surface area contributed by atoms with Crippen LogP contribution in [0.1, 0.15) is 43.0 Å². The van der Waals surface area contributed by atoms with E-state index in [0.717, 1.165) is 28.1 Å². The summed E-state index contributed by atoms with van der Waals surface area (Å²) in [5.74, 6) is 0.157. The number of halogens is 2. The molecule has 2 aromatic heterocycles. The van der Waals surface area contributed by atoms with Gasteiger partial charge in [-0.25, -0.2) is 39.1 Å². The van der Waals surface area contributed by atoms with Gasteiger partial charge in [0.25, 0.3) is 0 Å². The fourth-order valence-corrected chi connectivity index (χ4v) is 4.97. The Kier molecular flexibility index (Phi) is 17.0. The van der Waals surface area contributed by atoms with Crippen molar-refractivity contribution in [3.8, 4) is 0 Å². The van der Waals surface area contributed by atoms with Crippen LogP contribution >= 0.6 is 23.2 Å². The van der Waals surface area contributed by atoms with Crippen LogP contribution in [0, 0.1) is 13.8 Å². The molecule has 2 N–H and O–H groups in total. The minimum atomic E-state index is -0.472. The number of hydrogen-bond donors (Lipinski definition) is 2. The Balaban J connectivity index is 0.000000220. The molecule has 0 spiro atoms. The van der Waals surface area contributed by atoms with Crippen LogP contribution < -0.4 is 15.5 Å². The van der Waals surface area contributed by atoms with Crippen molar-refractivity contribution in [1.29, 1.82) is 0 Å². The second-order valence-corrected chi connectivity index (χ2v) is 12.8. The lowest BCUT2D eigenvalue weighted by Crippen LogP contribution is -2.32. The summed E-state index contributed by atoms with van der Waals surface area (Å²) in [6.45, 7) is 4.01. The highest BCUT2D eigenvalue weighted by molar-refractivity contribution is 6.29. The van der Waals surface area contributed by atoms with Crippen LogP contribution in [0.2, 0.25) is 10.3 Å². The van der Waals surface area contributed by atoms with Crippen LogP contribution in [-0.2, 0) is 27.5 Å². The highest BCUT2D eigenvalue weighted by atomic mass is 35.5. The smallest absolute Gasteiger partial charge is 0.338 e. The summed E-state index contributed by atoms with van der Waals surface area (Å²) < 4.78 is 10.6. The van der Waals surface area contributed by atoms with Crippen molar-refractivity contribution in [3.05, 3.63) is 166 Å². The van der Waals surface area contributed by atoms with Gasteiger partial charge < -0.3 is 20.1 Å². The van der Waals surface area contributed by atoms with Gasteiger partial charge in [0, 0.05) is 31.9 Å². The number of rotatable bonds is 10. The van der Waals surface area contributed by atoms with Gasteiger partial charge in [-0.1, -0.05) is 96.0 Å². The van der Waals surface area contributed by atoms with Crippen LogP contribution in [0.4, 0.5) is 27.8 Å². The van der Waals surface area contributed by atoms with E-state index in [2.05, 4.69) is 35.6 Å². The molecule has 0 radical (unpaired) electrons. The topological polar surface area (TPSA) is 178 Å². The van der Waals surface area contributed by atoms with E-state index < -0.39 is 18.0 Å². The van der Waals surface area contributed by atoms with Crippen molar-refractivity contribution in [3.63, 3.8) is 0 Å². The monoisotopic (exact) mass is 820 g/mol. The van der Waals surface area contributed by atoms with Crippen molar-refractivity contribution >= 4 is 70.3 Å². The molecule has 14 nitrogen and oxygen atoms in total. The number of nitrogens with zero attached hydrogens (tertiary/aromatic N) is 6. The molecule has 0 aliphatic rings. The third kappa shape index (κ3) is 13.9. The molecule has 6 rings (SSSR count). The number of carbonyl (C=O) groups is 3. The Bertz CT molecular complexity index is 2360. The van der Waals surface area contributed by atoms with Gasteiger partial charge in [-0.2, -0.15) is 4.99 Å². The SMILES string of the molecule is CNc1cc(Cl)ncn1.Cc1ccc(C(=O)OCc2ccccc2)cc1N=C=O.Cc1ccc(C(=O)OCc2ccccc2)cc1NC(=O)N(C)c1cc(Cl)ncn1. The third-order valence-electron chi connectivity index (χ3n) is 7.91. The number of aromatic nitrogens is 4. The van der Waals surface area contributed by atoms with Crippen LogP contribution in [0.15, 0.2) is 127 Å². The highest BCUT2D eigenvalue weighted by Gasteiger charge is 2.16. The first-order valence-electron chi connectivity index (χ1n) is 17.4. The predicted octanol–water partition coefficient (Wildman–Crippen LogP) is 8.95. The molecule has 16 heteroatoms. The average Bonchev–Trinajstić information content (AvgIpc) is 3.24. The Hall–Kier alpha value is -6.99. The molecular formula is C42H38Cl2N8O6. The number of isocyanates is 1. The van der Waals surface area contributed by atoms with E-state index in [-0.39, 0.29) is 18.4 Å². The molecule has 0 aliphatic heterocycles. The zero-order valence-electron chi connectivity index (χ0n) is 31.8. The molecule has 0 bridgehead atoms. The summed E-state index contributed by atoms with van der Waals surface area (Å²) in [6, 6.07) is 31.4. The fraction of sp³-hybridized carbons (Fsp3) is 0.143. The highest BCUT2D eigenvalue weighted by Crippen LogP contribution is 2.22.